The molecule has 2 rings (SSSR count). The minimum atomic E-state index is -0.0287. The third kappa shape index (κ3) is 4.39. The Labute approximate surface area is 119 Å². The number of halogens is 1. The van der Waals surface area contributed by atoms with Crippen LogP contribution in [0.25, 0.3) is 6.08 Å². The van der Waals surface area contributed by atoms with Gasteiger partial charge in [0, 0.05) is 17.1 Å². The maximum Gasteiger partial charge on any atom is 0.244 e. The zero-order chi connectivity index (χ0) is 13.7. The topological polar surface area (TPSA) is 29.1 Å². The molecule has 1 saturated carbocycles. The molecule has 1 aliphatic rings. The van der Waals surface area contributed by atoms with Crippen LogP contribution in [0.4, 0.5) is 0 Å². The fourth-order valence-electron chi connectivity index (χ4n) is 2.59. The van der Waals surface area contributed by atoms with Gasteiger partial charge in [0.1, 0.15) is 0 Å². The van der Waals surface area contributed by atoms with Gasteiger partial charge in [0.2, 0.25) is 5.91 Å². The molecule has 0 heterocycles. The van der Waals surface area contributed by atoms with E-state index in [-0.39, 0.29) is 5.91 Å². The zero-order valence-electron chi connectivity index (χ0n) is 11.2. The van der Waals surface area contributed by atoms with Gasteiger partial charge in [0.15, 0.2) is 0 Å². The lowest BCUT2D eigenvalue weighted by Gasteiger charge is -2.26. The van der Waals surface area contributed by atoms with Crippen molar-refractivity contribution in [3.8, 4) is 0 Å². The van der Waals surface area contributed by atoms with Crippen LogP contribution in [-0.4, -0.2) is 11.9 Å². The van der Waals surface area contributed by atoms with Crippen LogP contribution < -0.4 is 5.32 Å². The van der Waals surface area contributed by atoms with Crippen molar-refractivity contribution in [2.45, 2.75) is 38.6 Å². The highest BCUT2D eigenvalue weighted by Crippen LogP contribution is 2.23. The Balaban J connectivity index is 1.89. The molecule has 19 heavy (non-hydrogen) atoms. The Kier molecular flexibility index (Phi) is 5.03. The molecule has 0 aromatic heterocycles. The summed E-state index contributed by atoms with van der Waals surface area (Å²) in [5.74, 6) is 0.686. The van der Waals surface area contributed by atoms with Crippen molar-refractivity contribution < 1.29 is 4.79 Å². The van der Waals surface area contributed by atoms with Gasteiger partial charge < -0.3 is 5.32 Å². The van der Waals surface area contributed by atoms with Crippen LogP contribution in [0, 0.1) is 5.92 Å². The molecular formula is C16H20ClNO. The van der Waals surface area contributed by atoms with Gasteiger partial charge in [-0.05, 0) is 36.5 Å². The van der Waals surface area contributed by atoms with Crippen LogP contribution >= 0.6 is 11.6 Å². The van der Waals surface area contributed by atoms with E-state index in [1.807, 2.05) is 24.3 Å². The van der Waals surface area contributed by atoms with E-state index in [0.717, 1.165) is 18.4 Å². The number of rotatable bonds is 3. The Morgan fingerprint density at radius 1 is 1.37 bits per heavy atom. The lowest BCUT2D eigenvalue weighted by molar-refractivity contribution is -0.117. The molecule has 3 heteroatoms. The molecule has 0 saturated heterocycles. The molecule has 1 N–H and O–H groups in total. The largest absolute Gasteiger partial charge is 0.350 e. The van der Waals surface area contributed by atoms with Gasteiger partial charge in [-0.15, -0.1) is 0 Å². The predicted octanol–water partition coefficient (Wildman–Crippen LogP) is 4.05. The quantitative estimate of drug-likeness (QED) is 0.830. The summed E-state index contributed by atoms with van der Waals surface area (Å²) in [7, 11) is 0. The minimum absolute atomic E-state index is 0.0287. The van der Waals surface area contributed by atoms with Gasteiger partial charge in [0.25, 0.3) is 0 Å². The SMILES string of the molecule is CC1CCCC(NC(=O)C=Cc2ccccc2Cl)C1. The van der Waals surface area contributed by atoms with Crippen LogP contribution in [0.3, 0.4) is 0 Å². The molecule has 1 fully saturated rings. The highest BCUT2D eigenvalue weighted by molar-refractivity contribution is 6.32. The summed E-state index contributed by atoms with van der Waals surface area (Å²) in [5, 5.41) is 3.73. The molecule has 2 nitrogen and oxygen atoms in total. The second-order valence-electron chi connectivity index (χ2n) is 5.33. The Morgan fingerprint density at radius 3 is 2.89 bits per heavy atom. The summed E-state index contributed by atoms with van der Waals surface area (Å²) < 4.78 is 0. The smallest absolute Gasteiger partial charge is 0.244 e. The highest BCUT2D eigenvalue weighted by Gasteiger charge is 2.19. The van der Waals surface area contributed by atoms with Crippen molar-refractivity contribution in [1.29, 1.82) is 0 Å². The Bertz CT molecular complexity index is 470. The van der Waals surface area contributed by atoms with Gasteiger partial charge in [-0.3, -0.25) is 4.79 Å². The number of nitrogens with one attached hydrogen (secondary N) is 1. The van der Waals surface area contributed by atoms with Gasteiger partial charge >= 0.3 is 0 Å². The molecule has 0 spiro atoms. The van der Waals surface area contributed by atoms with E-state index in [1.165, 1.54) is 12.8 Å². The molecule has 102 valence electrons. The van der Waals surface area contributed by atoms with Gasteiger partial charge in [-0.25, -0.2) is 0 Å². The Morgan fingerprint density at radius 2 is 2.16 bits per heavy atom. The molecule has 1 aromatic carbocycles. The molecule has 1 aromatic rings. The van der Waals surface area contributed by atoms with E-state index in [4.69, 9.17) is 11.6 Å². The number of carbonyl (C=O) groups is 1. The molecule has 0 aliphatic heterocycles. The second-order valence-corrected chi connectivity index (χ2v) is 5.74. The molecule has 1 aliphatic carbocycles. The molecule has 2 atom stereocenters. The van der Waals surface area contributed by atoms with Crippen LogP contribution in [0.2, 0.25) is 5.02 Å². The van der Waals surface area contributed by atoms with E-state index in [9.17, 15) is 4.79 Å². The third-order valence-corrected chi connectivity index (χ3v) is 3.95. The van der Waals surface area contributed by atoms with E-state index in [1.54, 1.807) is 12.2 Å². The van der Waals surface area contributed by atoms with E-state index >= 15 is 0 Å². The zero-order valence-corrected chi connectivity index (χ0v) is 12.0. The van der Waals surface area contributed by atoms with E-state index < -0.39 is 0 Å². The summed E-state index contributed by atoms with van der Waals surface area (Å²) in [6.45, 7) is 2.25. The molecule has 0 radical (unpaired) electrons. The average molecular weight is 278 g/mol. The van der Waals surface area contributed by atoms with Crippen molar-refractivity contribution >= 4 is 23.6 Å². The molecule has 2 unspecified atom stereocenters. The lowest BCUT2D eigenvalue weighted by atomic mass is 9.87. The average Bonchev–Trinajstić information content (AvgIpc) is 2.38. The first-order chi connectivity index (χ1) is 9.15. The van der Waals surface area contributed by atoms with Crippen molar-refractivity contribution in [3.05, 3.63) is 40.9 Å². The van der Waals surface area contributed by atoms with Gasteiger partial charge in [0.05, 0.1) is 0 Å². The van der Waals surface area contributed by atoms with Crippen molar-refractivity contribution in [1.82, 2.24) is 5.32 Å². The molecule has 0 bridgehead atoms. The summed E-state index contributed by atoms with van der Waals surface area (Å²) in [6.07, 6.45) is 8.01. The maximum absolute atomic E-state index is 11.9. The number of amides is 1. The number of benzene rings is 1. The predicted molar refractivity (Wildman–Crippen MR) is 80.0 cm³/mol. The summed E-state index contributed by atoms with van der Waals surface area (Å²) in [4.78, 5) is 11.9. The first-order valence-corrected chi connectivity index (χ1v) is 7.26. The summed E-state index contributed by atoms with van der Waals surface area (Å²) in [6, 6.07) is 7.83. The van der Waals surface area contributed by atoms with Gasteiger partial charge in [-0.1, -0.05) is 49.6 Å². The van der Waals surface area contributed by atoms with Crippen LogP contribution in [-0.2, 0) is 4.79 Å². The van der Waals surface area contributed by atoms with Crippen LogP contribution in [0.15, 0.2) is 30.3 Å². The number of carbonyl (C=O) groups excluding carboxylic acids is 1. The summed E-state index contributed by atoms with van der Waals surface area (Å²) in [5.41, 5.74) is 0.872. The normalized spacial score (nSPS) is 23.5. The van der Waals surface area contributed by atoms with Crippen molar-refractivity contribution in [3.63, 3.8) is 0 Å². The van der Waals surface area contributed by atoms with Crippen LogP contribution in [0.5, 0.6) is 0 Å². The standard InChI is InChI=1S/C16H20ClNO/c1-12-5-4-7-14(11-12)18-16(19)10-9-13-6-2-3-8-15(13)17/h2-3,6,8-10,12,14H,4-5,7,11H2,1H3,(H,18,19). The Hall–Kier alpha value is -1.28. The summed E-state index contributed by atoms with van der Waals surface area (Å²) >= 11 is 6.04. The minimum Gasteiger partial charge on any atom is -0.350 e. The van der Waals surface area contributed by atoms with Crippen LogP contribution in [0.1, 0.15) is 38.2 Å². The monoisotopic (exact) mass is 277 g/mol. The lowest BCUT2D eigenvalue weighted by Crippen LogP contribution is -2.36. The fourth-order valence-corrected chi connectivity index (χ4v) is 2.79. The number of hydrogen-bond acceptors (Lipinski definition) is 1. The first kappa shape index (κ1) is 14.1. The van der Waals surface area contributed by atoms with Crippen molar-refractivity contribution in [2.24, 2.45) is 5.92 Å². The van der Waals surface area contributed by atoms with E-state index in [0.29, 0.717) is 17.0 Å². The van der Waals surface area contributed by atoms with Crippen molar-refractivity contribution in [2.75, 3.05) is 0 Å². The first-order valence-electron chi connectivity index (χ1n) is 6.88. The fraction of sp³-hybridized carbons (Fsp3) is 0.438. The third-order valence-electron chi connectivity index (χ3n) is 3.60. The molecular weight excluding hydrogens is 258 g/mol. The van der Waals surface area contributed by atoms with Gasteiger partial charge in [-0.2, -0.15) is 0 Å². The molecule has 1 amide bonds. The highest BCUT2D eigenvalue weighted by atomic mass is 35.5. The number of hydrogen-bond donors (Lipinski definition) is 1. The maximum atomic E-state index is 11.9. The van der Waals surface area contributed by atoms with E-state index in [2.05, 4.69) is 12.2 Å². The second kappa shape index (κ2) is 6.76.